The normalized spacial score (nSPS) is 14.7. The minimum atomic E-state index is -0.599. The Bertz CT molecular complexity index is 217. The maximum Gasteiger partial charge on any atom is 0.327 e. The van der Waals surface area contributed by atoms with Gasteiger partial charge in [-0.15, -0.1) is 0 Å². The van der Waals surface area contributed by atoms with Gasteiger partial charge in [0, 0.05) is 6.54 Å². The van der Waals surface area contributed by atoms with E-state index >= 15 is 0 Å². The van der Waals surface area contributed by atoms with E-state index in [0.717, 1.165) is 26.1 Å². The number of carbonyl (C=O) groups excluding carboxylic acids is 1. The number of hydrogen-bond donors (Lipinski definition) is 1. The molecule has 0 spiro atoms. The number of ether oxygens (including phenoxy) is 1. The van der Waals surface area contributed by atoms with E-state index in [1.807, 2.05) is 13.8 Å². The molecule has 0 radical (unpaired) electrons. The third kappa shape index (κ3) is 5.50. The van der Waals surface area contributed by atoms with Crippen LogP contribution < -0.4 is 5.32 Å². The molecule has 0 aliphatic heterocycles. The SMILES string of the molecule is CCCNC(C)(CN(CC)CC)C(=O)OCC. The quantitative estimate of drug-likeness (QED) is 0.626. The van der Waals surface area contributed by atoms with Gasteiger partial charge in [0.1, 0.15) is 5.54 Å². The van der Waals surface area contributed by atoms with Crippen LogP contribution in [0.4, 0.5) is 0 Å². The summed E-state index contributed by atoms with van der Waals surface area (Å²) >= 11 is 0. The van der Waals surface area contributed by atoms with Crippen LogP contribution in [0.5, 0.6) is 0 Å². The summed E-state index contributed by atoms with van der Waals surface area (Å²) in [6, 6.07) is 0. The van der Waals surface area contributed by atoms with E-state index in [0.29, 0.717) is 13.2 Å². The number of carbonyl (C=O) groups is 1. The molecule has 4 nitrogen and oxygen atoms in total. The van der Waals surface area contributed by atoms with Gasteiger partial charge in [0.05, 0.1) is 6.61 Å². The predicted octanol–water partition coefficient (Wildman–Crippen LogP) is 1.65. The van der Waals surface area contributed by atoms with Crippen molar-refractivity contribution < 1.29 is 9.53 Å². The second-order valence-corrected chi connectivity index (χ2v) is 4.44. The van der Waals surface area contributed by atoms with Crippen molar-refractivity contribution in [1.82, 2.24) is 10.2 Å². The summed E-state index contributed by atoms with van der Waals surface area (Å²) in [7, 11) is 0. The molecule has 1 unspecified atom stereocenters. The maximum atomic E-state index is 12.0. The lowest BCUT2D eigenvalue weighted by molar-refractivity contribution is -0.151. The smallest absolute Gasteiger partial charge is 0.327 e. The van der Waals surface area contributed by atoms with Crippen LogP contribution in [0.2, 0.25) is 0 Å². The monoisotopic (exact) mass is 244 g/mol. The molecule has 0 rings (SSSR count). The molecule has 0 heterocycles. The highest BCUT2D eigenvalue weighted by atomic mass is 16.5. The van der Waals surface area contributed by atoms with Crippen molar-refractivity contribution in [3.63, 3.8) is 0 Å². The van der Waals surface area contributed by atoms with Crippen LogP contribution in [-0.4, -0.2) is 49.2 Å². The van der Waals surface area contributed by atoms with E-state index in [9.17, 15) is 4.79 Å². The zero-order valence-electron chi connectivity index (χ0n) is 12.0. The summed E-state index contributed by atoms with van der Waals surface area (Å²) in [5.74, 6) is -0.152. The zero-order chi connectivity index (χ0) is 13.3. The molecule has 4 heteroatoms. The summed E-state index contributed by atoms with van der Waals surface area (Å²) in [6.07, 6.45) is 1.01. The Labute approximate surface area is 106 Å². The van der Waals surface area contributed by atoms with Crippen LogP contribution in [0.3, 0.4) is 0 Å². The molecule has 0 aliphatic carbocycles. The Morgan fingerprint density at radius 3 is 2.24 bits per heavy atom. The number of nitrogens with one attached hydrogen (secondary N) is 1. The molecule has 0 fully saturated rings. The second-order valence-electron chi connectivity index (χ2n) is 4.44. The number of hydrogen-bond acceptors (Lipinski definition) is 4. The highest BCUT2D eigenvalue weighted by Gasteiger charge is 2.35. The summed E-state index contributed by atoms with van der Waals surface area (Å²) in [4.78, 5) is 14.3. The van der Waals surface area contributed by atoms with Crippen LogP contribution in [0.1, 0.15) is 41.0 Å². The molecule has 1 N–H and O–H groups in total. The fourth-order valence-corrected chi connectivity index (χ4v) is 1.78. The third-order valence-corrected chi connectivity index (χ3v) is 2.93. The molecule has 0 aromatic rings. The molecule has 0 saturated heterocycles. The van der Waals surface area contributed by atoms with Gasteiger partial charge in [-0.25, -0.2) is 0 Å². The van der Waals surface area contributed by atoms with Gasteiger partial charge in [-0.05, 0) is 39.9 Å². The molecule has 0 aromatic carbocycles. The number of rotatable bonds is 9. The molecule has 0 aliphatic rings. The van der Waals surface area contributed by atoms with Crippen molar-refractivity contribution in [2.75, 3.05) is 32.8 Å². The topological polar surface area (TPSA) is 41.6 Å². The summed E-state index contributed by atoms with van der Waals surface area (Å²) < 4.78 is 5.17. The lowest BCUT2D eigenvalue weighted by atomic mass is 10.0. The predicted molar refractivity (Wildman–Crippen MR) is 71.1 cm³/mol. The third-order valence-electron chi connectivity index (χ3n) is 2.93. The molecule has 0 aromatic heterocycles. The molecule has 0 saturated carbocycles. The lowest BCUT2D eigenvalue weighted by Gasteiger charge is -2.33. The van der Waals surface area contributed by atoms with Gasteiger partial charge in [-0.2, -0.15) is 0 Å². The van der Waals surface area contributed by atoms with E-state index in [1.165, 1.54) is 0 Å². The van der Waals surface area contributed by atoms with Gasteiger partial charge >= 0.3 is 5.97 Å². The highest BCUT2D eigenvalue weighted by molar-refractivity contribution is 5.80. The number of nitrogens with zero attached hydrogens (tertiary/aromatic N) is 1. The minimum absolute atomic E-state index is 0.152. The first kappa shape index (κ1) is 16.4. The number of likely N-dealkylation sites (N-methyl/N-ethyl adjacent to an activating group) is 1. The van der Waals surface area contributed by atoms with E-state index in [1.54, 1.807) is 0 Å². The Kier molecular flexibility index (Phi) is 8.17. The fraction of sp³-hybridized carbons (Fsp3) is 0.923. The van der Waals surface area contributed by atoms with Crippen molar-refractivity contribution in [2.45, 2.75) is 46.6 Å². The standard InChI is InChI=1S/C13H28N2O2/c1-6-10-14-13(5,12(16)17-9-4)11-15(7-2)8-3/h14H,6-11H2,1-5H3. The summed E-state index contributed by atoms with van der Waals surface area (Å²) in [5, 5.41) is 3.31. The van der Waals surface area contributed by atoms with Crippen molar-refractivity contribution in [1.29, 1.82) is 0 Å². The van der Waals surface area contributed by atoms with Crippen molar-refractivity contribution in [3.05, 3.63) is 0 Å². The molecule has 102 valence electrons. The molecular weight excluding hydrogens is 216 g/mol. The zero-order valence-corrected chi connectivity index (χ0v) is 12.0. The van der Waals surface area contributed by atoms with Crippen LogP contribution in [0.15, 0.2) is 0 Å². The molecular formula is C13H28N2O2. The van der Waals surface area contributed by atoms with Crippen molar-refractivity contribution in [3.8, 4) is 0 Å². The van der Waals surface area contributed by atoms with Gasteiger partial charge in [0.25, 0.3) is 0 Å². The molecule has 0 bridgehead atoms. The van der Waals surface area contributed by atoms with E-state index in [-0.39, 0.29) is 5.97 Å². The van der Waals surface area contributed by atoms with Crippen LogP contribution >= 0.6 is 0 Å². The second kappa shape index (κ2) is 8.48. The summed E-state index contributed by atoms with van der Waals surface area (Å²) in [6.45, 7) is 13.9. The van der Waals surface area contributed by atoms with Gasteiger partial charge in [-0.1, -0.05) is 20.8 Å². The Balaban J connectivity index is 4.63. The van der Waals surface area contributed by atoms with Crippen LogP contribution in [-0.2, 0) is 9.53 Å². The molecule has 17 heavy (non-hydrogen) atoms. The average Bonchev–Trinajstić information content (AvgIpc) is 2.33. The molecule has 0 amide bonds. The average molecular weight is 244 g/mol. The van der Waals surface area contributed by atoms with Gasteiger partial charge in [0.15, 0.2) is 0 Å². The van der Waals surface area contributed by atoms with Crippen molar-refractivity contribution >= 4 is 5.97 Å². The number of esters is 1. The Hall–Kier alpha value is -0.610. The first-order chi connectivity index (χ1) is 8.03. The van der Waals surface area contributed by atoms with Gasteiger partial charge in [-0.3, -0.25) is 4.79 Å². The Morgan fingerprint density at radius 2 is 1.82 bits per heavy atom. The largest absolute Gasteiger partial charge is 0.465 e. The van der Waals surface area contributed by atoms with Crippen molar-refractivity contribution in [2.24, 2.45) is 0 Å². The highest BCUT2D eigenvalue weighted by Crippen LogP contribution is 2.10. The molecule has 1 atom stereocenters. The van der Waals surface area contributed by atoms with Gasteiger partial charge in [0.2, 0.25) is 0 Å². The first-order valence-corrected chi connectivity index (χ1v) is 6.68. The Morgan fingerprint density at radius 1 is 1.24 bits per heavy atom. The van der Waals surface area contributed by atoms with E-state index in [4.69, 9.17) is 4.74 Å². The summed E-state index contributed by atoms with van der Waals surface area (Å²) in [5.41, 5.74) is -0.599. The van der Waals surface area contributed by atoms with E-state index in [2.05, 4.69) is 31.0 Å². The van der Waals surface area contributed by atoms with Crippen LogP contribution in [0, 0.1) is 0 Å². The fourth-order valence-electron chi connectivity index (χ4n) is 1.78. The van der Waals surface area contributed by atoms with Crippen LogP contribution in [0.25, 0.3) is 0 Å². The first-order valence-electron chi connectivity index (χ1n) is 6.68. The van der Waals surface area contributed by atoms with E-state index < -0.39 is 5.54 Å². The maximum absolute atomic E-state index is 12.0. The lowest BCUT2D eigenvalue weighted by Crippen LogP contribution is -2.57. The van der Waals surface area contributed by atoms with Gasteiger partial charge < -0.3 is 15.0 Å². The minimum Gasteiger partial charge on any atom is -0.465 e.